The fraction of sp³-hybridized carbons (Fsp3) is 0.0833. The smallest absolute Gasteiger partial charge is 0.104 e. The van der Waals surface area contributed by atoms with E-state index in [0.29, 0.717) is 4.99 Å². The van der Waals surface area contributed by atoms with Gasteiger partial charge < -0.3 is 16.5 Å². The summed E-state index contributed by atoms with van der Waals surface area (Å²) < 4.78 is 0. The van der Waals surface area contributed by atoms with Crippen molar-refractivity contribution in [3.63, 3.8) is 0 Å². The van der Waals surface area contributed by atoms with E-state index in [1.807, 2.05) is 24.4 Å². The minimum Gasteiger partial charge on any atom is -0.389 e. The van der Waals surface area contributed by atoms with E-state index in [9.17, 15) is 0 Å². The first-order chi connectivity index (χ1) is 7.63. The monoisotopic (exact) mass is 231 g/mol. The third-order valence-electron chi connectivity index (χ3n) is 2.61. The molecule has 0 amide bonds. The fourth-order valence-corrected chi connectivity index (χ4v) is 1.83. The van der Waals surface area contributed by atoms with Gasteiger partial charge in [0, 0.05) is 28.7 Å². The Morgan fingerprint density at radius 2 is 2.25 bits per heavy atom. The molecule has 1 atom stereocenters. The highest BCUT2D eigenvalue weighted by Crippen LogP contribution is 2.24. The minimum atomic E-state index is -0.185. The number of rotatable bonds is 3. The number of nitrogens with two attached hydrogens (primary N) is 2. The Balaban J connectivity index is 2.64. The van der Waals surface area contributed by atoms with Crippen LogP contribution in [0.3, 0.4) is 0 Å². The molecule has 0 aliphatic rings. The summed E-state index contributed by atoms with van der Waals surface area (Å²) in [5.74, 6) is 0. The molecule has 3 nitrogen and oxygen atoms in total. The Morgan fingerprint density at radius 3 is 2.88 bits per heavy atom. The van der Waals surface area contributed by atoms with Gasteiger partial charge >= 0.3 is 0 Å². The maximum atomic E-state index is 5.93. The number of nitrogens with one attached hydrogen (secondary N) is 1. The number of fused-ring (bicyclic) bond motifs is 1. The van der Waals surface area contributed by atoms with Gasteiger partial charge in [-0.1, -0.05) is 18.3 Å². The van der Waals surface area contributed by atoms with Crippen LogP contribution in [0, 0.1) is 0 Å². The number of hydrogen-bond acceptors (Lipinski definition) is 2. The molecule has 0 spiro atoms. The highest BCUT2D eigenvalue weighted by molar-refractivity contribution is 7.80. The van der Waals surface area contributed by atoms with Crippen molar-refractivity contribution in [2.75, 3.05) is 0 Å². The van der Waals surface area contributed by atoms with Crippen LogP contribution in [0.15, 0.2) is 37.1 Å². The van der Waals surface area contributed by atoms with Crippen LogP contribution in [0.1, 0.15) is 17.2 Å². The normalized spacial score (nSPS) is 12.6. The predicted molar refractivity (Wildman–Crippen MR) is 71.3 cm³/mol. The number of benzene rings is 1. The Morgan fingerprint density at radius 1 is 1.50 bits per heavy atom. The highest BCUT2D eigenvalue weighted by Gasteiger charge is 2.09. The summed E-state index contributed by atoms with van der Waals surface area (Å²) in [4.78, 5) is 3.55. The van der Waals surface area contributed by atoms with Crippen LogP contribution in [0.5, 0.6) is 0 Å². The molecule has 0 radical (unpaired) electrons. The van der Waals surface area contributed by atoms with Gasteiger partial charge in [0.2, 0.25) is 0 Å². The summed E-state index contributed by atoms with van der Waals surface area (Å²) in [6, 6.07) is 5.61. The highest BCUT2D eigenvalue weighted by atomic mass is 32.1. The molecule has 16 heavy (non-hydrogen) atoms. The quantitative estimate of drug-likeness (QED) is 0.559. The van der Waals surface area contributed by atoms with E-state index in [-0.39, 0.29) is 6.04 Å². The molecule has 1 heterocycles. The van der Waals surface area contributed by atoms with Gasteiger partial charge in [0.1, 0.15) is 4.99 Å². The Kier molecular flexibility index (Phi) is 2.77. The van der Waals surface area contributed by atoms with Crippen LogP contribution < -0.4 is 11.5 Å². The van der Waals surface area contributed by atoms with E-state index < -0.39 is 0 Å². The molecule has 0 aliphatic carbocycles. The molecule has 0 aliphatic heterocycles. The van der Waals surface area contributed by atoms with E-state index in [1.165, 1.54) is 0 Å². The number of thiocarbonyl (C=S) groups is 1. The summed E-state index contributed by atoms with van der Waals surface area (Å²) in [5, 5.41) is 1.04. The van der Waals surface area contributed by atoms with Gasteiger partial charge in [0.15, 0.2) is 0 Å². The zero-order valence-corrected chi connectivity index (χ0v) is 9.55. The van der Waals surface area contributed by atoms with Crippen molar-refractivity contribution in [3.8, 4) is 0 Å². The number of hydrogen-bond donors (Lipinski definition) is 3. The molecule has 2 rings (SSSR count). The van der Waals surface area contributed by atoms with Crippen LogP contribution in [0.2, 0.25) is 0 Å². The van der Waals surface area contributed by atoms with Crippen LogP contribution >= 0.6 is 12.2 Å². The van der Waals surface area contributed by atoms with E-state index in [1.54, 1.807) is 6.08 Å². The SMILES string of the molecule is C=CC(N)c1c[nH]c2ccc(C(N)=S)cc12. The Hall–Kier alpha value is -1.65. The molecule has 0 saturated carbocycles. The average Bonchev–Trinajstić information content (AvgIpc) is 2.70. The first-order valence-electron chi connectivity index (χ1n) is 4.92. The Labute approximate surface area is 99.1 Å². The van der Waals surface area contributed by atoms with Crippen LogP contribution in [0.25, 0.3) is 10.9 Å². The molecule has 5 N–H and O–H groups in total. The van der Waals surface area contributed by atoms with Gasteiger partial charge in [-0.3, -0.25) is 0 Å². The lowest BCUT2D eigenvalue weighted by Crippen LogP contribution is -2.09. The van der Waals surface area contributed by atoms with Gasteiger partial charge in [-0.2, -0.15) is 0 Å². The van der Waals surface area contributed by atoms with Gasteiger partial charge in [0.05, 0.1) is 0 Å². The maximum Gasteiger partial charge on any atom is 0.104 e. The van der Waals surface area contributed by atoms with Crippen molar-refractivity contribution in [1.82, 2.24) is 4.98 Å². The van der Waals surface area contributed by atoms with Crippen molar-refractivity contribution in [3.05, 3.63) is 48.2 Å². The van der Waals surface area contributed by atoms with Crippen molar-refractivity contribution in [1.29, 1.82) is 0 Å². The zero-order chi connectivity index (χ0) is 11.7. The lowest BCUT2D eigenvalue weighted by atomic mass is 10.0. The topological polar surface area (TPSA) is 67.8 Å². The minimum absolute atomic E-state index is 0.185. The van der Waals surface area contributed by atoms with Crippen LogP contribution in [-0.2, 0) is 0 Å². The first kappa shape index (κ1) is 10.9. The third kappa shape index (κ3) is 1.73. The van der Waals surface area contributed by atoms with E-state index in [2.05, 4.69) is 11.6 Å². The molecular weight excluding hydrogens is 218 g/mol. The van der Waals surface area contributed by atoms with Crippen molar-refractivity contribution < 1.29 is 0 Å². The predicted octanol–water partition coefficient (Wildman–Crippen LogP) is 1.99. The third-order valence-corrected chi connectivity index (χ3v) is 2.85. The molecule has 2 aromatic rings. The van der Waals surface area contributed by atoms with Crippen LogP contribution in [-0.4, -0.2) is 9.97 Å². The number of aromatic nitrogens is 1. The molecule has 1 aromatic carbocycles. The summed E-state index contributed by atoms with van der Waals surface area (Å²) in [6.07, 6.45) is 3.59. The lowest BCUT2D eigenvalue weighted by molar-refractivity contribution is 0.924. The molecule has 4 heteroatoms. The number of aromatic amines is 1. The van der Waals surface area contributed by atoms with Gasteiger partial charge in [-0.25, -0.2) is 0 Å². The largest absolute Gasteiger partial charge is 0.389 e. The second kappa shape index (κ2) is 4.08. The van der Waals surface area contributed by atoms with Gasteiger partial charge in [-0.05, 0) is 23.8 Å². The second-order valence-corrected chi connectivity index (χ2v) is 4.07. The van der Waals surface area contributed by atoms with Crippen molar-refractivity contribution in [2.45, 2.75) is 6.04 Å². The standard InChI is InChI=1S/C12H13N3S/c1-2-10(13)9-6-15-11-4-3-7(12(14)16)5-8(9)11/h2-6,10,15H,1,13H2,(H2,14,16). The fourth-order valence-electron chi connectivity index (χ4n) is 1.70. The average molecular weight is 231 g/mol. The Bertz CT molecular complexity index is 556. The second-order valence-electron chi connectivity index (χ2n) is 3.63. The van der Waals surface area contributed by atoms with Crippen molar-refractivity contribution >= 4 is 28.1 Å². The van der Waals surface area contributed by atoms with Gasteiger partial charge in [0.25, 0.3) is 0 Å². The molecule has 1 unspecified atom stereocenters. The molecular formula is C12H13N3S. The summed E-state index contributed by atoms with van der Waals surface area (Å²) in [5.41, 5.74) is 14.4. The van der Waals surface area contributed by atoms with E-state index >= 15 is 0 Å². The van der Waals surface area contributed by atoms with Crippen molar-refractivity contribution in [2.24, 2.45) is 11.5 Å². The van der Waals surface area contributed by atoms with E-state index in [0.717, 1.165) is 22.0 Å². The molecule has 0 fully saturated rings. The molecule has 1 aromatic heterocycles. The summed E-state index contributed by atoms with van der Waals surface area (Å²) in [7, 11) is 0. The van der Waals surface area contributed by atoms with E-state index in [4.69, 9.17) is 23.7 Å². The molecule has 82 valence electrons. The first-order valence-corrected chi connectivity index (χ1v) is 5.33. The summed E-state index contributed by atoms with van der Waals surface area (Å²) in [6.45, 7) is 3.69. The maximum absolute atomic E-state index is 5.93. The summed E-state index contributed by atoms with van der Waals surface area (Å²) >= 11 is 4.95. The van der Waals surface area contributed by atoms with Crippen LogP contribution in [0.4, 0.5) is 0 Å². The molecule has 0 saturated heterocycles. The lowest BCUT2D eigenvalue weighted by Gasteiger charge is -2.05. The van der Waals surface area contributed by atoms with Gasteiger partial charge in [-0.15, -0.1) is 6.58 Å². The molecule has 0 bridgehead atoms. The number of H-pyrrole nitrogens is 1. The zero-order valence-electron chi connectivity index (χ0n) is 8.73.